The molecule has 0 aromatic heterocycles. The summed E-state index contributed by atoms with van der Waals surface area (Å²) in [4.78, 5) is 0.557. The minimum atomic E-state index is -0.211. The van der Waals surface area contributed by atoms with E-state index in [-0.39, 0.29) is 5.82 Å². The fraction of sp³-hybridized carbons (Fsp3) is 0.571. The van der Waals surface area contributed by atoms with Crippen LogP contribution in [0, 0.1) is 5.82 Å². The lowest BCUT2D eigenvalue weighted by Gasteiger charge is -2.09. The lowest BCUT2D eigenvalue weighted by Crippen LogP contribution is -2.00. The Balaban J connectivity index is 2.46. The van der Waals surface area contributed by atoms with Crippen LogP contribution in [0.25, 0.3) is 0 Å². The van der Waals surface area contributed by atoms with Gasteiger partial charge in [0.15, 0.2) is 11.6 Å². The molecule has 17 heavy (non-hydrogen) atoms. The molecule has 0 amide bonds. The molecule has 1 rings (SSSR count). The molecule has 0 aliphatic heterocycles. The van der Waals surface area contributed by atoms with E-state index in [9.17, 15) is 4.39 Å². The highest BCUT2D eigenvalue weighted by molar-refractivity contribution is 9.09. The molecule has 0 aliphatic carbocycles. The Labute approximate surface area is 111 Å². The Morgan fingerprint density at radius 3 is 2.76 bits per heavy atom. The molecule has 0 saturated heterocycles. The van der Waals surface area contributed by atoms with Gasteiger partial charge in [-0.05, 0) is 37.3 Å². The number of rotatable bonds is 7. The highest BCUT2D eigenvalue weighted by Gasteiger charge is 2.09. The van der Waals surface area contributed by atoms with Gasteiger partial charge in [-0.2, -0.15) is 0 Å². The summed E-state index contributed by atoms with van der Waals surface area (Å²) in [5.74, 6) is 0.128. The van der Waals surface area contributed by atoms with Gasteiger partial charge in [0.2, 0.25) is 0 Å². The number of hydrogen-bond donors (Lipinski definition) is 0. The fourth-order valence-electron chi connectivity index (χ4n) is 1.88. The number of halogens is 2. The highest BCUT2D eigenvalue weighted by Crippen LogP contribution is 2.22. The summed E-state index contributed by atoms with van der Waals surface area (Å²) in [6.45, 7) is 2.18. The van der Waals surface area contributed by atoms with Crippen molar-refractivity contribution in [2.45, 2.75) is 43.9 Å². The molecule has 1 nitrogen and oxygen atoms in total. The second-order valence-electron chi connectivity index (χ2n) is 4.21. The second kappa shape index (κ2) is 7.70. The molecule has 1 aromatic rings. The van der Waals surface area contributed by atoms with Gasteiger partial charge in [0, 0.05) is 4.83 Å². The van der Waals surface area contributed by atoms with Crippen LogP contribution in [0.2, 0.25) is 0 Å². The van der Waals surface area contributed by atoms with E-state index < -0.39 is 0 Å². The first-order valence-corrected chi connectivity index (χ1v) is 7.06. The van der Waals surface area contributed by atoms with Crippen molar-refractivity contribution in [3.63, 3.8) is 0 Å². The normalized spacial score (nSPS) is 12.5. The van der Waals surface area contributed by atoms with Gasteiger partial charge in [-0.25, -0.2) is 4.39 Å². The average molecular weight is 303 g/mol. The third-order valence-electron chi connectivity index (χ3n) is 2.83. The van der Waals surface area contributed by atoms with Gasteiger partial charge < -0.3 is 4.74 Å². The number of methoxy groups -OCH3 is 1. The summed E-state index contributed by atoms with van der Waals surface area (Å²) < 4.78 is 18.8. The van der Waals surface area contributed by atoms with Crippen molar-refractivity contribution in [2.24, 2.45) is 0 Å². The van der Waals surface area contributed by atoms with E-state index in [4.69, 9.17) is 4.74 Å². The molecule has 0 aliphatic rings. The summed E-state index contributed by atoms with van der Waals surface area (Å²) in [5, 5.41) is 0. The summed E-state index contributed by atoms with van der Waals surface area (Å²) in [7, 11) is 1.50. The van der Waals surface area contributed by atoms with E-state index in [2.05, 4.69) is 22.9 Å². The van der Waals surface area contributed by atoms with E-state index in [1.165, 1.54) is 20.0 Å². The van der Waals surface area contributed by atoms with Crippen molar-refractivity contribution in [3.8, 4) is 5.75 Å². The van der Waals surface area contributed by atoms with Gasteiger partial charge in [-0.15, -0.1) is 0 Å². The van der Waals surface area contributed by atoms with Crippen LogP contribution in [0.15, 0.2) is 18.2 Å². The van der Waals surface area contributed by atoms with Crippen LogP contribution in [0.5, 0.6) is 5.75 Å². The molecule has 1 aromatic carbocycles. The summed E-state index contributed by atoms with van der Waals surface area (Å²) in [6, 6.07) is 5.33. The highest BCUT2D eigenvalue weighted by atomic mass is 79.9. The van der Waals surface area contributed by atoms with Gasteiger partial charge >= 0.3 is 0 Å². The Hall–Kier alpha value is -0.570. The van der Waals surface area contributed by atoms with Gasteiger partial charge in [0.05, 0.1) is 7.11 Å². The van der Waals surface area contributed by atoms with E-state index >= 15 is 0 Å². The molecule has 3 heteroatoms. The zero-order chi connectivity index (χ0) is 12.7. The monoisotopic (exact) mass is 302 g/mol. The average Bonchev–Trinajstić information content (AvgIpc) is 2.32. The van der Waals surface area contributed by atoms with Crippen LogP contribution in [-0.4, -0.2) is 11.9 Å². The van der Waals surface area contributed by atoms with Crippen molar-refractivity contribution in [1.29, 1.82) is 0 Å². The quantitative estimate of drug-likeness (QED) is 0.662. The predicted octanol–water partition coefficient (Wildman–Crippen LogP) is 4.72. The topological polar surface area (TPSA) is 9.23 Å². The minimum absolute atomic E-state index is 0.211. The van der Waals surface area contributed by atoms with Gasteiger partial charge in [-0.1, -0.05) is 41.4 Å². The first-order valence-electron chi connectivity index (χ1n) is 6.14. The SMILES string of the molecule is CCCC(Br)CCCc1cccc(OC)c1F. The lowest BCUT2D eigenvalue weighted by molar-refractivity contribution is 0.384. The zero-order valence-electron chi connectivity index (χ0n) is 10.5. The molecule has 1 atom stereocenters. The maximum Gasteiger partial charge on any atom is 0.168 e. The third-order valence-corrected chi connectivity index (χ3v) is 3.74. The minimum Gasteiger partial charge on any atom is -0.494 e. The molecule has 96 valence electrons. The molecular formula is C14H20BrFO. The van der Waals surface area contributed by atoms with E-state index in [1.54, 1.807) is 6.07 Å². The Kier molecular flexibility index (Phi) is 6.56. The smallest absolute Gasteiger partial charge is 0.168 e. The number of aryl methyl sites for hydroxylation is 1. The van der Waals surface area contributed by atoms with E-state index in [1.807, 2.05) is 12.1 Å². The van der Waals surface area contributed by atoms with Crippen LogP contribution in [0.3, 0.4) is 0 Å². The van der Waals surface area contributed by atoms with Crippen LogP contribution in [0.1, 0.15) is 38.2 Å². The maximum atomic E-state index is 13.8. The largest absolute Gasteiger partial charge is 0.494 e. The van der Waals surface area contributed by atoms with Gasteiger partial charge in [0.25, 0.3) is 0 Å². The first-order chi connectivity index (χ1) is 8.19. The Morgan fingerprint density at radius 1 is 1.35 bits per heavy atom. The fourth-order valence-corrected chi connectivity index (χ4v) is 2.66. The molecule has 0 spiro atoms. The summed E-state index contributed by atoms with van der Waals surface area (Å²) in [6.07, 6.45) is 5.23. The first kappa shape index (κ1) is 14.5. The standard InChI is InChI=1S/C14H20BrFO/c1-3-6-12(15)9-4-7-11-8-5-10-13(17-2)14(11)16/h5,8,10,12H,3-4,6-7,9H2,1-2H3. The Bertz CT molecular complexity index is 341. The summed E-state index contributed by atoms with van der Waals surface area (Å²) in [5.41, 5.74) is 0.751. The van der Waals surface area contributed by atoms with Crippen LogP contribution in [-0.2, 0) is 6.42 Å². The zero-order valence-corrected chi connectivity index (χ0v) is 12.1. The molecule has 0 radical (unpaired) electrons. The number of hydrogen-bond acceptors (Lipinski definition) is 1. The van der Waals surface area contributed by atoms with E-state index in [0.29, 0.717) is 10.6 Å². The Morgan fingerprint density at radius 2 is 2.12 bits per heavy atom. The molecule has 0 N–H and O–H groups in total. The van der Waals surface area contributed by atoms with Crippen molar-refractivity contribution in [3.05, 3.63) is 29.6 Å². The van der Waals surface area contributed by atoms with Crippen LogP contribution in [0.4, 0.5) is 4.39 Å². The second-order valence-corrected chi connectivity index (χ2v) is 5.51. The van der Waals surface area contributed by atoms with Gasteiger partial charge in [-0.3, -0.25) is 0 Å². The number of alkyl halides is 1. The van der Waals surface area contributed by atoms with Crippen molar-refractivity contribution >= 4 is 15.9 Å². The number of benzene rings is 1. The molecule has 0 saturated carbocycles. The van der Waals surface area contributed by atoms with E-state index in [0.717, 1.165) is 24.8 Å². The van der Waals surface area contributed by atoms with Crippen LogP contribution >= 0.6 is 15.9 Å². The van der Waals surface area contributed by atoms with Crippen LogP contribution < -0.4 is 4.74 Å². The lowest BCUT2D eigenvalue weighted by atomic mass is 10.0. The third kappa shape index (κ3) is 4.66. The molecule has 0 fully saturated rings. The summed E-state index contributed by atoms with van der Waals surface area (Å²) >= 11 is 3.64. The predicted molar refractivity (Wildman–Crippen MR) is 73.5 cm³/mol. The van der Waals surface area contributed by atoms with Crippen molar-refractivity contribution < 1.29 is 9.13 Å². The molecule has 0 bridgehead atoms. The molecule has 1 unspecified atom stereocenters. The van der Waals surface area contributed by atoms with Crippen molar-refractivity contribution in [1.82, 2.24) is 0 Å². The molecule has 0 heterocycles. The number of ether oxygens (including phenoxy) is 1. The van der Waals surface area contributed by atoms with Crippen molar-refractivity contribution in [2.75, 3.05) is 7.11 Å². The molecular weight excluding hydrogens is 283 g/mol. The van der Waals surface area contributed by atoms with Gasteiger partial charge in [0.1, 0.15) is 0 Å². The maximum absolute atomic E-state index is 13.8.